The molecule has 6 heteroatoms. The molecule has 0 aliphatic heterocycles. The van der Waals surface area contributed by atoms with Crippen LogP contribution in [-0.4, -0.2) is 23.3 Å². The van der Waals surface area contributed by atoms with Crippen molar-refractivity contribution in [2.24, 2.45) is 5.41 Å². The summed E-state index contributed by atoms with van der Waals surface area (Å²) < 4.78 is 5.32. The first-order valence-electron chi connectivity index (χ1n) is 7.41. The van der Waals surface area contributed by atoms with Gasteiger partial charge in [0.25, 0.3) is 0 Å². The second kappa shape index (κ2) is 6.70. The Labute approximate surface area is 139 Å². The minimum absolute atomic E-state index is 0.218. The van der Waals surface area contributed by atoms with E-state index >= 15 is 0 Å². The molecule has 0 aliphatic carbocycles. The molecule has 1 heterocycles. The zero-order chi connectivity index (χ0) is 17.9. The Morgan fingerprint density at radius 2 is 1.75 bits per heavy atom. The molecule has 1 atom stereocenters. The van der Waals surface area contributed by atoms with Crippen LogP contribution in [0.5, 0.6) is 0 Å². The molecule has 0 spiro atoms. The van der Waals surface area contributed by atoms with Crippen molar-refractivity contribution in [3.05, 3.63) is 47.7 Å². The molecule has 0 aliphatic rings. The van der Waals surface area contributed by atoms with Gasteiger partial charge in [-0.25, -0.2) is 4.79 Å². The smallest absolute Gasteiger partial charge is 0.330 e. The molecule has 1 unspecified atom stereocenters. The van der Waals surface area contributed by atoms with E-state index < -0.39 is 17.4 Å². The van der Waals surface area contributed by atoms with Crippen LogP contribution in [0.15, 0.2) is 40.8 Å². The van der Waals surface area contributed by atoms with Crippen molar-refractivity contribution >= 4 is 18.2 Å². The Morgan fingerprint density at radius 1 is 1.12 bits per heavy atom. The maximum Gasteiger partial charge on any atom is 0.330 e. The molecule has 24 heavy (non-hydrogen) atoms. The molecule has 2 aromatic rings. The van der Waals surface area contributed by atoms with E-state index in [0.29, 0.717) is 23.2 Å². The number of carbonyl (C=O) groups excluding carboxylic acids is 2. The number of amides is 1. The molecule has 1 aromatic heterocycles. The highest BCUT2D eigenvalue weighted by molar-refractivity contribution is 5.87. The molecule has 0 bridgehead atoms. The number of carbonyl (C=O) groups is 3. The van der Waals surface area contributed by atoms with E-state index in [1.165, 1.54) is 0 Å². The van der Waals surface area contributed by atoms with E-state index in [4.69, 9.17) is 4.42 Å². The summed E-state index contributed by atoms with van der Waals surface area (Å²) in [5.41, 5.74) is 0.469. The number of rotatable bonds is 5. The van der Waals surface area contributed by atoms with Gasteiger partial charge in [-0.15, -0.1) is 0 Å². The molecule has 2 N–H and O–H groups in total. The average molecular weight is 329 g/mol. The van der Waals surface area contributed by atoms with Crippen molar-refractivity contribution in [3.8, 4) is 11.3 Å². The van der Waals surface area contributed by atoms with Crippen molar-refractivity contribution in [3.63, 3.8) is 0 Å². The van der Waals surface area contributed by atoms with E-state index in [0.717, 1.165) is 0 Å². The predicted molar refractivity (Wildman–Crippen MR) is 87.5 cm³/mol. The SMILES string of the molecule is CC(C)(C)C(=O)NC(C(=O)O)c1ccc(-c2ccc(C=O)o2)cc1. The quantitative estimate of drug-likeness (QED) is 0.822. The maximum atomic E-state index is 12.1. The van der Waals surface area contributed by atoms with E-state index in [2.05, 4.69) is 5.32 Å². The van der Waals surface area contributed by atoms with Crippen LogP contribution in [0.2, 0.25) is 0 Å². The number of carboxylic acid groups (broad SMARTS) is 1. The van der Waals surface area contributed by atoms with E-state index in [9.17, 15) is 19.5 Å². The number of aliphatic carboxylic acids is 1. The molecular formula is C18H19NO5. The second-order valence-electron chi connectivity index (χ2n) is 6.44. The van der Waals surface area contributed by atoms with Crippen molar-refractivity contribution in [2.75, 3.05) is 0 Å². The third-order valence-electron chi connectivity index (χ3n) is 3.48. The summed E-state index contributed by atoms with van der Waals surface area (Å²) in [6.45, 7) is 5.14. The van der Waals surface area contributed by atoms with Gasteiger partial charge in [-0.3, -0.25) is 9.59 Å². The monoisotopic (exact) mass is 329 g/mol. The topological polar surface area (TPSA) is 96.6 Å². The van der Waals surface area contributed by atoms with Crippen molar-refractivity contribution in [1.82, 2.24) is 5.32 Å². The van der Waals surface area contributed by atoms with Crippen LogP contribution in [0.4, 0.5) is 0 Å². The second-order valence-corrected chi connectivity index (χ2v) is 6.44. The van der Waals surface area contributed by atoms with Gasteiger partial charge in [0.15, 0.2) is 18.1 Å². The Kier molecular flexibility index (Phi) is 4.87. The van der Waals surface area contributed by atoms with Crippen LogP contribution in [-0.2, 0) is 9.59 Å². The van der Waals surface area contributed by atoms with Crippen LogP contribution >= 0.6 is 0 Å². The van der Waals surface area contributed by atoms with Crippen LogP contribution in [0.3, 0.4) is 0 Å². The number of hydrogen-bond acceptors (Lipinski definition) is 4. The fourth-order valence-corrected chi connectivity index (χ4v) is 2.05. The third-order valence-corrected chi connectivity index (χ3v) is 3.48. The first-order valence-corrected chi connectivity index (χ1v) is 7.41. The molecule has 126 valence electrons. The molecule has 0 saturated carbocycles. The van der Waals surface area contributed by atoms with Gasteiger partial charge < -0.3 is 14.8 Å². The summed E-state index contributed by atoms with van der Waals surface area (Å²) in [7, 11) is 0. The number of hydrogen-bond donors (Lipinski definition) is 2. The summed E-state index contributed by atoms with van der Waals surface area (Å²) >= 11 is 0. The standard InChI is InChI=1S/C18H19NO5/c1-18(2,3)17(23)19-15(16(21)22)12-6-4-11(5-7-12)14-9-8-13(10-20)24-14/h4-10,15H,1-3H3,(H,19,23)(H,21,22). The van der Waals surface area contributed by atoms with Gasteiger partial charge in [-0.2, -0.15) is 0 Å². The zero-order valence-electron chi connectivity index (χ0n) is 13.7. The number of benzene rings is 1. The Balaban J connectivity index is 2.24. The van der Waals surface area contributed by atoms with Crippen LogP contribution < -0.4 is 5.32 Å². The summed E-state index contributed by atoms with van der Waals surface area (Å²) in [5, 5.41) is 11.9. The van der Waals surface area contributed by atoms with Crippen LogP contribution in [0.25, 0.3) is 11.3 Å². The van der Waals surface area contributed by atoms with Crippen LogP contribution in [0.1, 0.15) is 42.9 Å². The summed E-state index contributed by atoms with van der Waals surface area (Å²) in [4.78, 5) is 34.2. The van der Waals surface area contributed by atoms with Gasteiger partial charge >= 0.3 is 5.97 Å². The maximum absolute atomic E-state index is 12.1. The lowest BCUT2D eigenvalue weighted by Gasteiger charge is -2.22. The highest BCUT2D eigenvalue weighted by Gasteiger charge is 2.28. The lowest BCUT2D eigenvalue weighted by molar-refractivity contribution is -0.143. The van der Waals surface area contributed by atoms with Gasteiger partial charge in [0.05, 0.1) is 0 Å². The van der Waals surface area contributed by atoms with Crippen molar-refractivity contribution in [2.45, 2.75) is 26.8 Å². The fourth-order valence-electron chi connectivity index (χ4n) is 2.05. The van der Waals surface area contributed by atoms with Gasteiger partial charge in [-0.05, 0) is 17.7 Å². The molecule has 6 nitrogen and oxygen atoms in total. The largest absolute Gasteiger partial charge is 0.479 e. The molecule has 0 fully saturated rings. The number of carboxylic acids is 1. The minimum atomic E-state index is -1.14. The number of furan rings is 1. The zero-order valence-corrected chi connectivity index (χ0v) is 13.7. The lowest BCUT2D eigenvalue weighted by Crippen LogP contribution is -2.40. The normalized spacial score (nSPS) is 12.5. The minimum Gasteiger partial charge on any atom is -0.479 e. The van der Waals surface area contributed by atoms with E-state index in [1.807, 2.05) is 0 Å². The first-order chi connectivity index (χ1) is 11.2. The number of nitrogens with one attached hydrogen (secondary N) is 1. The molecule has 0 radical (unpaired) electrons. The molecule has 0 saturated heterocycles. The van der Waals surface area contributed by atoms with Gasteiger partial charge in [0, 0.05) is 11.0 Å². The molecule has 1 amide bonds. The van der Waals surface area contributed by atoms with E-state index in [1.54, 1.807) is 57.2 Å². The van der Waals surface area contributed by atoms with Gasteiger partial charge in [0.2, 0.25) is 5.91 Å². The third kappa shape index (κ3) is 3.90. The molecule has 1 aromatic carbocycles. The highest BCUT2D eigenvalue weighted by atomic mass is 16.4. The summed E-state index contributed by atoms with van der Waals surface area (Å²) in [6, 6.07) is 8.67. The molecule has 2 rings (SSSR count). The van der Waals surface area contributed by atoms with Gasteiger partial charge in [0.1, 0.15) is 5.76 Å². The average Bonchev–Trinajstić information content (AvgIpc) is 3.00. The molecular weight excluding hydrogens is 310 g/mol. The highest BCUT2D eigenvalue weighted by Crippen LogP contribution is 2.25. The fraction of sp³-hybridized carbons (Fsp3) is 0.278. The van der Waals surface area contributed by atoms with Gasteiger partial charge in [-0.1, -0.05) is 45.0 Å². The first kappa shape index (κ1) is 17.5. The predicted octanol–water partition coefficient (Wildman–Crippen LogP) is 3.05. The van der Waals surface area contributed by atoms with Crippen molar-refractivity contribution < 1.29 is 23.9 Å². The number of aldehydes is 1. The van der Waals surface area contributed by atoms with Crippen molar-refractivity contribution in [1.29, 1.82) is 0 Å². The Bertz CT molecular complexity index is 752. The lowest BCUT2D eigenvalue weighted by atomic mass is 9.94. The van der Waals surface area contributed by atoms with E-state index in [-0.39, 0.29) is 11.7 Å². The Morgan fingerprint density at radius 3 is 2.21 bits per heavy atom. The van der Waals surface area contributed by atoms with Crippen LogP contribution in [0, 0.1) is 5.41 Å². The summed E-state index contributed by atoms with van der Waals surface area (Å²) in [6.07, 6.45) is 0.611. The Hall–Kier alpha value is -2.89. The summed E-state index contributed by atoms with van der Waals surface area (Å²) in [5.74, 6) is -0.758.